The molecule has 0 saturated heterocycles. The number of ether oxygens (including phenoxy) is 1. The van der Waals surface area contributed by atoms with Crippen LogP contribution in [0.4, 0.5) is 0 Å². The minimum Gasteiger partial charge on any atom is -0.379 e. The van der Waals surface area contributed by atoms with Gasteiger partial charge in [-0.05, 0) is 30.2 Å². The zero-order valence-electron chi connectivity index (χ0n) is 9.70. The van der Waals surface area contributed by atoms with Crippen LogP contribution in [0.25, 0.3) is 0 Å². The summed E-state index contributed by atoms with van der Waals surface area (Å²) in [5, 5.41) is 0. The van der Waals surface area contributed by atoms with E-state index in [4.69, 9.17) is 10.5 Å². The molecule has 0 aromatic carbocycles. The van der Waals surface area contributed by atoms with Crippen LogP contribution in [0.2, 0.25) is 0 Å². The Bertz CT molecular complexity index is 314. The molecule has 90 valence electrons. The summed E-state index contributed by atoms with van der Waals surface area (Å²) in [5.74, 6) is 2.42. The molecule has 2 heterocycles. The van der Waals surface area contributed by atoms with E-state index in [0.717, 1.165) is 18.8 Å². The molecule has 0 radical (unpaired) electrons. The fourth-order valence-electron chi connectivity index (χ4n) is 1.79. The van der Waals surface area contributed by atoms with Gasteiger partial charge in [0, 0.05) is 22.1 Å². The topological polar surface area (TPSA) is 35.2 Å². The minimum atomic E-state index is 0.0622. The first-order chi connectivity index (χ1) is 7.81. The van der Waals surface area contributed by atoms with Crippen molar-refractivity contribution < 1.29 is 4.74 Å². The smallest absolute Gasteiger partial charge is 0.0667 e. The predicted molar refractivity (Wildman–Crippen MR) is 72.2 cm³/mol. The number of thioether (sulfide) groups is 1. The molecule has 1 aliphatic rings. The average molecular weight is 257 g/mol. The first-order valence-electron chi connectivity index (χ1n) is 5.83. The highest BCUT2D eigenvalue weighted by Gasteiger charge is 2.16. The molecule has 2 N–H and O–H groups in total. The fourth-order valence-corrected chi connectivity index (χ4v) is 4.15. The largest absolute Gasteiger partial charge is 0.379 e. The van der Waals surface area contributed by atoms with Crippen molar-refractivity contribution in [2.45, 2.75) is 31.6 Å². The van der Waals surface area contributed by atoms with Crippen LogP contribution in [-0.4, -0.2) is 19.0 Å². The summed E-state index contributed by atoms with van der Waals surface area (Å²) in [4.78, 5) is 2.84. The summed E-state index contributed by atoms with van der Waals surface area (Å²) in [6, 6.07) is 2.35. The molecule has 1 aliphatic heterocycles. The van der Waals surface area contributed by atoms with Gasteiger partial charge in [0.05, 0.1) is 12.6 Å². The van der Waals surface area contributed by atoms with E-state index in [2.05, 4.69) is 13.0 Å². The van der Waals surface area contributed by atoms with Crippen LogP contribution in [0.3, 0.4) is 0 Å². The van der Waals surface area contributed by atoms with Crippen molar-refractivity contribution in [1.29, 1.82) is 0 Å². The summed E-state index contributed by atoms with van der Waals surface area (Å²) < 4.78 is 5.51. The van der Waals surface area contributed by atoms with Crippen LogP contribution in [-0.2, 0) is 16.9 Å². The molecular formula is C12H19NOS2. The molecule has 4 heteroatoms. The summed E-state index contributed by atoms with van der Waals surface area (Å²) in [6.07, 6.45) is 2.28. The molecule has 2 nitrogen and oxygen atoms in total. The van der Waals surface area contributed by atoms with Gasteiger partial charge in [0.1, 0.15) is 0 Å². The van der Waals surface area contributed by atoms with Crippen LogP contribution in [0, 0.1) is 0 Å². The van der Waals surface area contributed by atoms with Crippen molar-refractivity contribution in [3.05, 3.63) is 21.4 Å². The second-order valence-corrected chi connectivity index (χ2v) is 6.35. The summed E-state index contributed by atoms with van der Waals surface area (Å²) in [5.41, 5.74) is 7.63. The summed E-state index contributed by atoms with van der Waals surface area (Å²) >= 11 is 3.90. The molecule has 0 amide bonds. The SMILES string of the molecule is CCCOCC(N)c1cc2c(s1)CCSC2. The van der Waals surface area contributed by atoms with Gasteiger partial charge in [-0.2, -0.15) is 11.8 Å². The third-order valence-electron chi connectivity index (χ3n) is 2.66. The first kappa shape index (κ1) is 12.4. The molecule has 1 aromatic rings. The highest BCUT2D eigenvalue weighted by Crippen LogP contribution is 2.33. The lowest BCUT2D eigenvalue weighted by atomic mass is 10.2. The van der Waals surface area contributed by atoms with E-state index in [1.165, 1.54) is 22.6 Å². The Morgan fingerprint density at radius 1 is 1.56 bits per heavy atom. The second-order valence-electron chi connectivity index (χ2n) is 4.08. The summed E-state index contributed by atoms with van der Waals surface area (Å²) in [7, 11) is 0. The zero-order valence-corrected chi connectivity index (χ0v) is 11.3. The van der Waals surface area contributed by atoms with Gasteiger partial charge in [0.25, 0.3) is 0 Å². The maximum absolute atomic E-state index is 6.13. The fraction of sp³-hybridized carbons (Fsp3) is 0.667. The Kier molecular flexibility index (Phi) is 4.70. The van der Waals surface area contributed by atoms with Crippen molar-refractivity contribution in [2.75, 3.05) is 19.0 Å². The van der Waals surface area contributed by atoms with Crippen LogP contribution in [0.5, 0.6) is 0 Å². The lowest BCUT2D eigenvalue weighted by molar-refractivity contribution is 0.122. The van der Waals surface area contributed by atoms with E-state index in [1.807, 2.05) is 23.1 Å². The summed E-state index contributed by atoms with van der Waals surface area (Å²) in [6.45, 7) is 3.58. The Labute approximate surface area is 106 Å². The number of aryl methyl sites for hydroxylation is 1. The highest BCUT2D eigenvalue weighted by atomic mass is 32.2. The van der Waals surface area contributed by atoms with Crippen LogP contribution < -0.4 is 5.73 Å². The third kappa shape index (κ3) is 3.00. The van der Waals surface area contributed by atoms with Gasteiger partial charge in [-0.15, -0.1) is 11.3 Å². The van der Waals surface area contributed by atoms with Crippen LogP contribution >= 0.6 is 23.1 Å². The van der Waals surface area contributed by atoms with Gasteiger partial charge in [-0.25, -0.2) is 0 Å². The number of thiophene rings is 1. The van der Waals surface area contributed by atoms with E-state index < -0.39 is 0 Å². The van der Waals surface area contributed by atoms with Crippen molar-refractivity contribution in [3.8, 4) is 0 Å². The van der Waals surface area contributed by atoms with Gasteiger partial charge in [-0.3, -0.25) is 0 Å². The molecule has 2 rings (SSSR count). The number of rotatable bonds is 5. The lowest BCUT2D eigenvalue weighted by Crippen LogP contribution is -2.16. The van der Waals surface area contributed by atoms with E-state index in [-0.39, 0.29) is 6.04 Å². The normalized spacial score (nSPS) is 17.1. The Morgan fingerprint density at radius 3 is 3.19 bits per heavy atom. The predicted octanol–water partition coefficient (Wildman–Crippen LogP) is 2.96. The van der Waals surface area contributed by atoms with Crippen molar-refractivity contribution in [2.24, 2.45) is 5.73 Å². The van der Waals surface area contributed by atoms with Gasteiger partial charge < -0.3 is 10.5 Å². The number of hydrogen-bond acceptors (Lipinski definition) is 4. The van der Waals surface area contributed by atoms with Gasteiger partial charge in [-0.1, -0.05) is 6.92 Å². The molecule has 1 atom stereocenters. The molecule has 0 bridgehead atoms. The standard InChI is InChI=1S/C12H19NOS2/c1-2-4-14-7-10(13)12-6-9-8-15-5-3-11(9)16-12/h6,10H,2-5,7-8,13H2,1H3. The Balaban J connectivity index is 1.95. The van der Waals surface area contributed by atoms with Gasteiger partial charge >= 0.3 is 0 Å². The molecule has 16 heavy (non-hydrogen) atoms. The second kappa shape index (κ2) is 6.05. The van der Waals surface area contributed by atoms with E-state index in [0.29, 0.717) is 6.61 Å². The first-order valence-corrected chi connectivity index (χ1v) is 7.81. The Morgan fingerprint density at radius 2 is 2.44 bits per heavy atom. The van der Waals surface area contributed by atoms with Crippen molar-refractivity contribution in [1.82, 2.24) is 0 Å². The van der Waals surface area contributed by atoms with E-state index in [1.54, 1.807) is 4.88 Å². The molecule has 1 unspecified atom stereocenters. The van der Waals surface area contributed by atoms with E-state index in [9.17, 15) is 0 Å². The van der Waals surface area contributed by atoms with Gasteiger partial charge in [0.15, 0.2) is 0 Å². The quantitative estimate of drug-likeness (QED) is 0.824. The maximum atomic E-state index is 6.13. The monoisotopic (exact) mass is 257 g/mol. The number of nitrogens with two attached hydrogens (primary N) is 1. The van der Waals surface area contributed by atoms with Crippen LogP contribution in [0.15, 0.2) is 6.07 Å². The average Bonchev–Trinajstić information content (AvgIpc) is 2.73. The number of fused-ring (bicyclic) bond motifs is 1. The molecule has 0 aliphatic carbocycles. The molecule has 1 aromatic heterocycles. The van der Waals surface area contributed by atoms with E-state index >= 15 is 0 Å². The highest BCUT2D eigenvalue weighted by molar-refractivity contribution is 7.98. The maximum Gasteiger partial charge on any atom is 0.0667 e. The van der Waals surface area contributed by atoms with Gasteiger partial charge in [0.2, 0.25) is 0 Å². The Hall–Kier alpha value is -0.0300. The lowest BCUT2D eigenvalue weighted by Gasteiger charge is -2.09. The minimum absolute atomic E-state index is 0.0622. The molecule has 0 spiro atoms. The molecule has 0 fully saturated rings. The third-order valence-corrected chi connectivity index (χ3v) is 5.03. The van der Waals surface area contributed by atoms with Crippen LogP contribution in [0.1, 0.15) is 34.7 Å². The van der Waals surface area contributed by atoms with Crippen molar-refractivity contribution in [3.63, 3.8) is 0 Å². The molecule has 0 saturated carbocycles. The number of hydrogen-bond donors (Lipinski definition) is 1. The molecular weight excluding hydrogens is 238 g/mol. The van der Waals surface area contributed by atoms with Crippen molar-refractivity contribution >= 4 is 23.1 Å². The zero-order chi connectivity index (χ0) is 11.4.